The summed E-state index contributed by atoms with van der Waals surface area (Å²) in [5.74, 6) is -0.192. The van der Waals surface area contributed by atoms with E-state index >= 15 is 0 Å². The molecule has 27 heavy (non-hydrogen) atoms. The van der Waals surface area contributed by atoms with Crippen LogP contribution < -0.4 is 10.1 Å². The van der Waals surface area contributed by atoms with Crippen LogP contribution in [-0.2, 0) is 13.1 Å². The van der Waals surface area contributed by atoms with Crippen molar-refractivity contribution < 1.29 is 14.6 Å². The van der Waals surface area contributed by atoms with E-state index in [-0.39, 0.29) is 0 Å². The number of carboxylic acids is 1. The number of fused-ring (bicyclic) bond motifs is 1. The van der Waals surface area contributed by atoms with E-state index in [2.05, 4.69) is 12.2 Å². The molecule has 0 aliphatic rings. The maximum Gasteiger partial charge on any atom is 0.352 e. The molecule has 3 rings (SSSR count). The highest BCUT2D eigenvalue weighted by Gasteiger charge is 2.23. The fraction of sp³-hybridized carbons (Fsp3) is 0.318. The number of benzene rings is 2. The second-order valence-electron chi connectivity index (χ2n) is 6.70. The number of nitrogens with zero attached hydrogens (tertiary/aromatic N) is 1. The van der Waals surface area contributed by atoms with Crippen molar-refractivity contribution in [2.45, 2.75) is 33.4 Å². The van der Waals surface area contributed by atoms with Gasteiger partial charge in [-0.15, -0.1) is 0 Å². The number of hydrogen-bond acceptors (Lipinski definition) is 3. The average molecular weight is 366 g/mol. The molecule has 0 radical (unpaired) electrons. The van der Waals surface area contributed by atoms with Gasteiger partial charge in [-0.2, -0.15) is 0 Å². The van der Waals surface area contributed by atoms with Gasteiger partial charge in [-0.25, -0.2) is 4.79 Å². The van der Waals surface area contributed by atoms with Crippen molar-refractivity contribution >= 4 is 16.9 Å². The number of methoxy groups -OCH3 is 1. The largest absolute Gasteiger partial charge is 0.497 e. The zero-order valence-electron chi connectivity index (χ0n) is 16.1. The van der Waals surface area contributed by atoms with Gasteiger partial charge in [-0.1, -0.05) is 31.2 Å². The zero-order chi connectivity index (χ0) is 19.4. The Morgan fingerprint density at radius 2 is 2.00 bits per heavy atom. The topological polar surface area (TPSA) is 63.5 Å². The Bertz CT molecular complexity index is 960. The highest BCUT2D eigenvalue weighted by molar-refractivity contribution is 5.98. The number of carbonyl (C=O) groups is 1. The summed E-state index contributed by atoms with van der Waals surface area (Å²) < 4.78 is 7.28. The van der Waals surface area contributed by atoms with Crippen LogP contribution >= 0.6 is 0 Å². The van der Waals surface area contributed by atoms with Crippen LogP contribution in [-0.4, -0.2) is 29.3 Å². The van der Waals surface area contributed by atoms with Gasteiger partial charge in [0, 0.05) is 30.1 Å². The first-order valence-electron chi connectivity index (χ1n) is 9.24. The molecule has 5 heteroatoms. The molecule has 0 unspecified atom stereocenters. The molecule has 0 atom stereocenters. The van der Waals surface area contributed by atoms with Crippen LogP contribution in [0.1, 0.15) is 40.5 Å². The van der Waals surface area contributed by atoms with Gasteiger partial charge < -0.3 is 19.7 Å². The van der Waals surface area contributed by atoms with Gasteiger partial charge in [-0.05, 0) is 43.1 Å². The monoisotopic (exact) mass is 366 g/mol. The number of aryl methyl sites for hydroxylation is 1. The predicted molar refractivity (Wildman–Crippen MR) is 108 cm³/mol. The molecule has 0 bridgehead atoms. The van der Waals surface area contributed by atoms with Gasteiger partial charge in [0.2, 0.25) is 0 Å². The molecule has 2 N–H and O–H groups in total. The van der Waals surface area contributed by atoms with Crippen molar-refractivity contribution in [2.75, 3.05) is 13.7 Å². The quantitative estimate of drug-likeness (QED) is 0.587. The standard InChI is InChI=1S/C22H26N2O3/c1-4-11-23-13-19-18-10-9-17(27-3)12-20(18)24(21(19)22(25)26)14-16-8-6-5-7-15(16)2/h5-10,12,23H,4,11,13-14H2,1-3H3,(H,25,26). The molecule has 3 aromatic rings. The smallest absolute Gasteiger partial charge is 0.352 e. The third-order valence-electron chi connectivity index (χ3n) is 4.90. The molecule has 5 nitrogen and oxygen atoms in total. The molecule has 0 saturated heterocycles. The van der Waals surface area contributed by atoms with Crippen molar-refractivity contribution in [3.63, 3.8) is 0 Å². The van der Waals surface area contributed by atoms with Gasteiger partial charge in [-0.3, -0.25) is 0 Å². The van der Waals surface area contributed by atoms with Crippen LogP contribution in [0.2, 0.25) is 0 Å². The van der Waals surface area contributed by atoms with E-state index in [4.69, 9.17) is 4.74 Å². The summed E-state index contributed by atoms with van der Waals surface area (Å²) in [6.45, 7) is 6.02. The number of aromatic nitrogens is 1. The number of nitrogens with one attached hydrogen (secondary N) is 1. The molecular formula is C22H26N2O3. The van der Waals surface area contributed by atoms with Gasteiger partial charge >= 0.3 is 5.97 Å². The Morgan fingerprint density at radius 3 is 2.67 bits per heavy atom. The molecule has 0 amide bonds. The van der Waals surface area contributed by atoms with Crippen molar-refractivity contribution in [1.29, 1.82) is 0 Å². The zero-order valence-corrected chi connectivity index (χ0v) is 16.1. The molecule has 0 saturated carbocycles. The first kappa shape index (κ1) is 19.0. The molecule has 0 spiro atoms. The normalized spacial score (nSPS) is 11.1. The van der Waals surface area contributed by atoms with Crippen LogP contribution in [0.3, 0.4) is 0 Å². The molecule has 2 aromatic carbocycles. The lowest BCUT2D eigenvalue weighted by Crippen LogP contribution is -2.18. The summed E-state index contributed by atoms with van der Waals surface area (Å²) in [5.41, 5.74) is 4.28. The van der Waals surface area contributed by atoms with Gasteiger partial charge in [0.1, 0.15) is 11.4 Å². The lowest BCUT2D eigenvalue weighted by Gasteiger charge is -2.12. The molecule has 0 fully saturated rings. The van der Waals surface area contributed by atoms with E-state index in [1.54, 1.807) is 7.11 Å². The Hall–Kier alpha value is -2.79. The number of hydrogen-bond donors (Lipinski definition) is 2. The van der Waals surface area contributed by atoms with E-state index in [0.717, 1.165) is 46.3 Å². The molecular weight excluding hydrogens is 340 g/mol. The lowest BCUT2D eigenvalue weighted by molar-refractivity contribution is 0.0684. The highest BCUT2D eigenvalue weighted by Crippen LogP contribution is 2.31. The minimum Gasteiger partial charge on any atom is -0.497 e. The SMILES string of the molecule is CCCNCc1c(C(=O)O)n(Cc2ccccc2C)c2cc(OC)ccc12. The van der Waals surface area contributed by atoms with E-state index < -0.39 is 5.97 Å². The summed E-state index contributed by atoms with van der Waals surface area (Å²) in [5, 5.41) is 14.3. The van der Waals surface area contributed by atoms with Crippen LogP contribution in [0.15, 0.2) is 42.5 Å². The molecule has 1 heterocycles. The Labute approximate surface area is 159 Å². The van der Waals surface area contributed by atoms with Crippen molar-refractivity contribution in [1.82, 2.24) is 9.88 Å². The van der Waals surface area contributed by atoms with Crippen LogP contribution in [0.4, 0.5) is 0 Å². The predicted octanol–water partition coefficient (Wildman–Crippen LogP) is 4.20. The van der Waals surface area contributed by atoms with Crippen LogP contribution in [0, 0.1) is 6.92 Å². The molecule has 142 valence electrons. The fourth-order valence-electron chi connectivity index (χ4n) is 3.46. The van der Waals surface area contributed by atoms with Crippen molar-refractivity contribution in [3.05, 3.63) is 64.8 Å². The fourth-order valence-corrected chi connectivity index (χ4v) is 3.46. The second kappa shape index (κ2) is 8.27. The third-order valence-corrected chi connectivity index (χ3v) is 4.90. The minimum absolute atomic E-state index is 0.338. The van der Waals surface area contributed by atoms with Gasteiger partial charge in [0.15, 0.2) is 0 Å². The number of ether oxygens (including phenoxy) is 1. The van der Waals surface area contributed by atoms with E-state index in [1.165, 1.54) is 0 Å². The van der Waals surface area contributed by atoms with Crippen LogP contribution in [0.25, 0.3) is 10.9 Å². The molecule has 0 aliphatic carbocycles. The van der Waals surface area contributed by atoms with Crippen LogP contribution in [0.5, 0.6) is 5.75 Å². The summed E-state index contributed by atoms with van der Waals surface area (Å²) in [4.78, 5) is 12.2. The molecule has 0 aliphatic heterocycles. The Balaban J connectivity index is 2.20. The van der Waals surface area contributed by atoms with Gasteiger partial charge in [0.25, 0.3) is 0 Å². The average Bonchev–Trinajstić information content (AvgIpc) is 2.97. The van der Waals surface area contributed by atoms with Crippen molar-refractivity contribution in [2.24, 2.45) is 0 Å². The third kappa shape index (κ3) is 3.83. The van der Waals surface area contributed by atoms with E-state index in [9.17, 15) is 9.90 Å². The number of aromatic carboxylic acids is 1. The molecule has 1 aromatic heterocycles. The summed E-state index contributed by atoms with van der Waals surface area (Å²) >= 11 is 0. The Kier molecular flexibility index (Phi) is 5.81. The number of rotatable bonds is 8. The Morgan fingerprint density at radius 1 is 1.22 bits per heavy atom. The van der Waals surface area contributed by atoms with E-state index in [1.807, 2.05) is 54.0 Å². The highest BCUT2D eigenvalue weighted by atomic mass is 16.5. The summed E-state index contributed by atoms with van der Waals surface area (Å²) in [7, 11) is 1.62. The minimum atomic E-state index is -0.910. The van der Waals surface area contributed by atoms with E-state index in [0.29, 0.717) is 18.8 Å². The summed E-state index contributed by atoms with van der Waals surface area (Å²) in [6, 6.07) is 13.8. The number of carboxylic acid groups (broad SMARTS) is 1. The van der Waals surface area contributed by atoms with Gasteiger partial charge in [0.05, 0.1) is 12.6 Å². The lowest BCUT2D eigenvalue weighted by atomic mass is 10.1. The summed E-state index contributed by atoms with van der Waals surface area (Å²) in [6.07, 6.45) is 0.998. The maximum atomic E-state index is 12.2. The first-order chi connectivity index (χ1) is 13.1. The maximum absolute atomic E-state index is 12.2. The second-order valence-corrected chi connectivity index (χ2v) is 6.70. The first-order valence-corrected chi connectivity index (χ1v) is 9.24. The van der Waals surface area contributed by atoms with Crippen molar-refractivity contribution in [3.8, 4) is 5.75 Å².